The largest absolute Gasteiger partial charge is 0.416 e. The third-order valence-electron chi connectivity index (χ3n) is 2.78. The second-order valence-electron chi connectivity index (χ2n) is 4.39. The topological polar surface area (TPSA) is 45.7 Å². The van der Waals surface area contributed by atoms with E-state index < -0.39 is 11.7 Å². The lowest BCUT2D eigenvalue weighted by molar-refractivity contribution is -0.137. The van der Waals surface area contributed by atoms with Gasteiger partial charge >= 0.3 is 6.18 Å². The predicted molar refractivity (Wildman–Crippen MR) is 91.6 cm³/mol. The van der Waals surface area contributed by atoms with Gasteiger partial charge in [0.05, 0.1) is 5.56 Å². The first-order valence-electron chi connectivity index (χ1n) is 6.57. The number of hydrogen-bond acceptors (Lipinski definition) is 2. The van der Waals surface area contributed by atoms with Crippen molar-refractivity contribution in [1.29, 1.82) is 0 Å². The Hall–Kier alpha value is -1.03. The lowest BCUT2D eigenvalue weighted by Crippen LogP contribution is -2.37. The van der Waals surface area contributed by atoms with Gasteiger partial charge in [0.1, 0.15) is 0 Å². The van der Waals surface area contributed by atoms with E-state index in [-0.39, 0.29) is 24.0 Å². The summed E-state index contributed by atoms with van der Waals surface area (Å²) in [5.41, 5.74) is 0.108. The molecule has 22 heavy (non-hydrogen) atoms. The lowest BCUT2D eigenvalue weighted by Gasteiger charge is -2.12. The normalized spacial score (nSPS) is 11.8. The highest BCUT2D eigenvalue weighted by molar-refractivity contribution is 14.0. The van der Waals surface area contributed by atoms with Crippen molar-refractivity contribution in [2.24, 2.45) is 4.99 Å². The molecule has 0 fully saturated rings. The summed E-state index contributed by atoms with van der Waals surface area (Å²) in [5.74, 6) is 0.603. The first kappa shape index (κ1) is 21.0. The Morgan fingerprint density at radius 3 is 2.32 bits per heavy atom. The Morgan fingerprint density at radius 1 is 1.18 bits per heavy atom. The molecule has 0 saturated heterocycles. The third-order valence-corrected chi connectivity index (χ3v) is 2.78. The van der Waals surface area contributed by atoms with Crippen LogP contribution >= 0.6 is 24.0 Å². The zero-order valence-electron chi connectivity index (χ0n) is 12.5. The van der Waals surface area contributed by atoms with Crippen molar-refractivity contribution in [2.75, 3.05) is 27.3 Å². The van der Waals surface area contributed by atoms with E-state index in [9.17, 15) is 13.2 Å². The summed E-state index contributed by atoms with van der Waals surface area (Å²) >= 11 is 0. The maximum atomic E-state index is 12.4. The summed E-state index contributed by atoms with van der Waals surface area (Å²) in [6.07, 6.45) is -3.46. The number of halogens is 4. The monoisotopic (exact) mass is 431 g/mol. The molecule has 0 radical (unpaired) electrons. The van der Waals surface area contributed by atoms with Crippen LogP contribution in [-0.4, -0.2) is 33.3 Å². The van der Waals surface area contributed by atoms with Crippen LogP contribution in [0.15, 0.2) is 29.3 Å². The van der Waals surface area contributed by atoms with Crippen molar-refractivity contribution in [3.05, 3.63) is 35.4 Å². The van der Waals surface area contributed by atoms with Crippen molar-refractivity contribution < 1.29 is 17.9 Å². The van der Waals surface area contributed by atoms with Crippen molar-refractivity contribution >= 4 is 29.9 Å². The molecule has 1 rings (SSSR count). The molecular formula is C14H21F3IN3O. The van der Waals surface area contributed by atoms with Crippen molar-refractivity contribution in [3.63, 3.8) is 0 Å². The Labute approximate surface area is 145 Å². The molecule has 0 atom stereocenters. The van der Waals surface area contributed by atoms with E-state index in [2.05, 4.69) is 15.6 Å². The van der Waals surface area contributed by atoms with E-state index in [4.69, 9.17) is 4.74 Å². The molecule has 1 aromatic carbocycles. The number of methoxy groups -OCH3 is 1. The van der Waals surface area contributed by atoms with Gasteiger partial charge in [-0.3, -0.25) is 4.99 Å². The highest BCUT2D eigenvalue weighted by Gasteiger charge is 2.29. The quantitative estimate of drug-likeness (QED) is 0.315. The van der Waals surface area contributed by atoms with Crippen LogP contribution in [0.4, 0.5) is 13.2 Å². The smallest absolute Gasteiger partial charge is 0.385 e. The molecule has 0 heterocycles. The van der Waals surface area contributed by atoms with Gasteiger partial charge in [-0.15, -0.1) is 24.0 Å². The minimum atomic E-state index is -4.30. The summed E-state index contributed by atoms with van der Waals surface area (Å²) in [5, 5.41) is 6.13. The second-order valence-corrected chi connectivity index (χ2v) is 4.39. The van der Waals surface area contributed by atoms with Crippen LogP contribution < -0.4 is 10.6 Å². The Bertz CT molecular complexity index is 450. The number of aliphatic imine (C=N–C) groups is 1. The van der Waals surface area contributed by atoms with Crippen LogP contribution in [0.25, 0.3) is 0 Å². The molecule has 0 unspecified atom stereocenters. The first-order chi connectivity index (χ1) is 9.97. The second kappa shape index (κ2) is 10.7. The number of nitrogens with zero attached hydrogens (tertiary/aromatic N) is 1. The molecule has 2 N–H and O–H groups in total. The van der Waals surface area contributed by atoms with Crippen LogP contribution in [0.1, 0.15) is 17.5 Å². The molecule has 0 saturated carbocycles. The van der Waals surface area contributed by atoms with Crippen molar-refractivity contribution in [3.8, 4) is 0 Å². The minimum Gasteiger partial charge on any atom is -0.385 e. The van der Waals surface area contributed by atoms with E-state index in [0.29, 0.717) is 25.7 Å². The van der Waals surface area contributed by atoms with Crippen LogP contribution in [-0.2, 0) is 17.5 Å². The molecule has 8 heteroatoms. The minimum absolute atomic E-state index is 0. The lowest BCUT2D eigenvalue weighted by atomic mass is 10.1. The van der Waals surface area contributed by atoms with Gasteiger partial charge in [0.2, 0.25) is 0 Å². The van der Waals surface area contributed by atoms with Gasteiger partial charge < -0.3 is 15.4 Å². The molecule has 1 aromatic rings. The van der Waals surface area contributed by atoms with E-state index in [0.717, 1.165) is 24.1 Å². The molecule has 0 aliphatic carbocycles. The molecule has 0 aliphatic rings. The number of alkyl halides is 3. The Balaban J connectivity index is 0.00000441. The molecule has 0 aromatic heterocycles. The van der Waals surface area contributed by atoms with Gasteiger partial charge in [0.15, 0.2) is 5.96 Å². The van der Waals surface area contributed by atoms with E-state index in [1.54, 1.807) is 14.2 Å². The van der Waals surface area contributed by atoms with Gasteiger partial charge in [-0.2, -0.15) is 13.2 Å². The van der Waals surface area contributed by atoms with Gasteiger partial charge in [-0.25, -0.2) is 0 Å². The molecule has 4 nitrogen and oxygen atoms in total. The zero-order chi connectivity index (χ0) is 15.7. The Kier molecular flexibility index (Phi) is 10.2. The van der Waals surface area contributed by atoms with Gasteiger partial charge in [0, 0.05) is 33.9 Å². The maximum absolute atomic E-state index is 12.4. The number of guanidine groups is 1. The molecular weight excluding hydrogens is 410 g/mol. The fourth-order valence-electron chi connectivity index (χ4n) is 1.64. The summed E-state index contributed by atoms with van der Waals surface area (Å²) < 4.78 is 42.2. The van der Waals surface area contributed by atoms with Gasteiger partial charge in [-0.05, 0) is 24.1 Å². The Morgan fingerprint density at radius 2 is 1.82 bits per heavy atom. The number of hydrogen-bond donors (Lipinski definition) is 2. The van der Waals surface area contributed by atoms with Gasteiger partial charge in [-0.1, -0.05) is 12.1 Å². The van der Waals surface area contributed by atoms with E-state index in [1.165, 1.54) is 12.1 Å². The fourth-order valence-corrected chi connectivity index (χ4v) is 1.64. The average Bonchev–Trinajstić information content (AvgIpc) is 2.46. The highest BCUT2D eigenvalue weighted by atomic mass is 127. The fraction of sp³-hybridized carbons (Fsp3) is 0.500. The number of benzene rings is 1. The number of rotatable bonds is 6. The maximum Gasteiger partial charge on any atom is 0.416 e. The summed E-state index contributed by atoms with van der Waals surface area (Å²) in [6.45, 7) is 1.77. The van der Waals surface area contributed by atoms with Crippen LogP contribution in [0.2, 0.25) is 0 Å². The molecule has 0 amide bonds. The molecule has 126 valence electrons. The van der Waals surface area contributed by atoms with Crippen LogP contribution in [0.5, 0.6) is 0 Å². The van der Waals surface area contributed by atoms with E-state index in [1.807, 2.05) is 0 Å². The average molecular weight is 431 g/mol. The van der Waals surface area contributed by atoms with Crippen LogP contribution in [0, 0.1) is 0 Å². The summed E-state index contributed by atoms with van der Waals surface area (Å²) in [4.78, 5) is 4.03. The first-order valence-corrected chi connectivity index (χ1v) is 6.57. The third kappa shape index (κ3) is 7.83. The number of ether oxygens (including phenoxy) is 1. The molecule has 0 bridgehead atoms. The summed E-state index contributed by atoms with van der Waals surface area (Å²) in [7, 11) is 3.27. The number of nitrogens with one attached hydrogen (secondary N) is 2. The van der Waals surface area contributed by atoms with Crippen LogP contribution in [0.3, 0.4) is 0 Å². The summed E-state index contributed by atoms with van der Waals surface area (Å²) in [6, 6.07) is 5.06. The van der Waals surface area contributed by atoms with Gasteiger partial charge in [0.25, 0.3) is 0 Å². The van der Waals surface area contributed by atoms with Crippen molar-refractivity contribution in [1.82, 2.24) is 10.6 Å². The standard InChI is InChI=1S/C14H20F3N3O.HI/c1-18-13(19-8-3-9-21-2)20-10-11-4-6-12(7-5-11)14(15,16)17;/h4-7H,3,8-10H2,1-2H3,(H2,18,19,20);1H. The predicted octanol–water partition coefficient (Wildman–Crippen LogP) is 3.02. The SMILES string of the molecule is CN=C(NCCCOC)NCc1ccc(C(F)(F)F)cc1.I. The van der Waals surface area contributed by atoms with Crippen molar-refractivity contribution in [2.45, 2.75) is 19.1 Å². The highest BCUT2D eigenvalue weighted by Crippen LogP contribution is 2.28. The van der Waals surface area contributed by atoms with E-state index >= 15 is 0 Å². The molecule has 0 aliphatic heterocycles. The molecule has 0 spiro atoms. The zero-order valence-corrected chi connectivity index (χ0v) is 14.9.